The summed E-state index contributed by atoms with van der Waals surface area (Å²) in [7, 11) is 0. The fourth-order valence-electron chi connectivity index (χ4n) is 0.367. The van der Waals surface area contributed by atoms with Crippen LogP contribution in [0.3, 0.4) is 0 Å². The van der Waals surface area contributed by atoms with Crippen molar-refractivity contribution in [2.24, 2.45) is 9.98 Å². The van der Waals surface area contributed by atoms with E-state index in [1.54, 1.807) is 0 Å². The van der Waals surface area contributed by atoms with Crippen molar-refractivity contribution in [3.63, 3.8) is 0 Å². The monoisotopic (exact) mass is 146 g/mol. The Morgan fingerprint density at radius 3 is 2.44 bits per heavy atom. The Morgan fingerprint density at radius 2 is 2.33 bits per heavy atom. The molecule has 0 saturated carbocycles. The lowest BCUT2D eigenvalue weighted by Crippen LogP contribution is -2.09. The smallest absolute Gasteiger partial charge is 0.337 e. The van der Waals surface area contributed by atoms with Gasteiger partial charge in [-0.1, -0.05) is 0 Å². The normalized spacial score (nSPS) is 15.2. The zero-order valence-electron chi connectivity index (χ0n) is 5.63. The van der Waals surface area contributed by atoms with Gasteiger partial charge in [0.2, 0.25) is 0 Å². The Morgan fingerprint density at radius 1 is 1.78 bits per heavy atom. The van der Waals surface area contributed by atoms with Gasteiger partial charge in [0, 0.05) is 17.7 Å². The first-order valence-corrected chi connectivity index (χ1v) is 4.12. The first-order valence-electron chi connectivity index (χ1n) is 2.57. The fourth-order valence-corrected chi connectivity index (χ4v) is 0.860. The number of nitrogens with zero attached hydrogens (tertiary/aromatic N) is 2. The summed E-state index contributed by atoms with van der Waals surface area (Å²) in [5.74, 6) is 0. The predicted molar refractivity (Wildman–Crippen MR) is 41.6 cm³/mol. The highest BCUT2D eigenvalue weighted by molar-refractivity contribution is 8.05. The largest absolute Gasteiger partial charge is 0.609 e. The van der Waals surface area contributed by atoms with Crippen LogP contribution >= 0.6 is 0 Å². The van der Waals surface area contributed by atoms with Gasteiger partial charge in [-0.25, -0.2) is 9.98 Å². The predicted octanol–water partition coefficient (Wildman–Crippen LogP) is 0.441. The van der Waals surface area contributed by atoms with Crippen molar-refractivity contribution >= 4 is 23.1 Å². The summed E-state index contributed by atoms with van der Waals surface area (Å²) in [6.45, 7) is 5.69. The first-order chi connectivity index (χ1) is 4.22. The number of amidine groups is 1. The molecule has 0 aromatic rings. The topological polar surface area (TPSA) is 47.8 Å². The van der Waals surface area contributed by atoms with Crippen molar-refractivity contribution in [3.05, 3.63) is 0 Å². The molecule has 3 nitrogen and oxygen atoms in total. The van der Waals surface area contributed by atoms with Crippen LogP contribution in [0.15, 0.2) is 9.98 Å². The van der Waals surface area contributed by atoms with Gasteiger partial charge in [-0.2, -0.15) is 0 Å². The number of rotatable bonds is 1. The fraction of sp³-hybridized carbons (Fsp3) is 0.600. The maximum atomic E-state index is 10.6. The molecule has 0 aliphatic heterocycles. The molecular weight excluding hydrogens is 136 g/mol. The van der Waals surface area contributed by atoms with E-state index >= 15 is 0 Å². The average molecular weight is 146 g/mol. The van der Waals surface area contributed by atoms with Crippen molar-refractivity contribution in [2.45, 2.75) is 6.92 Å². The molecule has 0 amide bonds. The van der Waals surface area contributed by atoms with Crippen molar-refractivity contribution in [1.29, 1.82) is 0 Å². The lowest BCUT2D eigenvalue weighted by molar-refractivity contribution is 0.611. The van der Waals surface area contributed by atoms with Crippen LogP contribution in [0.1, 0.15) is 6.92 Å². The molecule has 0 aromatic heterocycles. The molecule has 0 saturated heterocycles. The van der Waals surface area contributed by atoms with Crippen LogP contribution in [-0.4, -0.2) is 29.2 Å². The summed E-state index contributed by atoms with van der Waals surface area (Å²) in [6.07, 6.45) is 1.53. The molecule has 0 heterocycles. The molecule has 0 fully saturated rings. The quantitative estimate of drug-likeness (QED) is 0.301. The summed E-state index contributed by atoms with van der Waals surface area (Å²) >= 11 is -1.08. The van der Waals surface area contributed by atoms with Gasteiger partial charge in [-0.3, -0.25) is 0 Å². The van der Waals surface area contributed by atoms with Gasteiger partial charge in [0.1, 0.15) is 6.26 Å². The summed E-state index contributed by atoms with van der Waals surface area (Å²) in [5, 5.41) is 0.331. The van der Waals surface area contributed by atoms with E-state index in [-0.39, 0.29) is 0 Å². The highest BCUT2D eigenvalue weighted by Gasteiger charge is 2.04. The first kappa shape index (κ1) is 8.65. The average Bonchev–Trinajstić information content (AvgIpc) is 1.82. The van der Waals surface area contributed by atoms with Gasteiger partial charge in [-0.05, 0) is 13.6 Å². The highest BCUT2D eigenvalue weighted by atomic mass is 32.2. The maximum absolute atomic E-state index is 10.6. The van der Waals surface area contributed by atoms with E-state index in [2.05, 4.69) is 16.7 Å². The molecule has 0 radical (unpaired) electrons. The molecule has 52 valence electrons. The van der Waals surface area contributed by atoms with E-state index in [9.17, 15) is 4.55 Å². The van der Waals surface area contributed by atoms with Crippen molar-refractivity contribution in [1.82, 2.24) is 0 Å². The lowest BCUT2D eigenvalue weighted by Gasteiger charge is -1.99. The minimum atomic E-state index is -1.08. The SMILES string of the molecule is C=N/C(=N\CC)[S+](C)[O-]. The standard InChI is InChI=1S/C5H10N2OS/c1-4-7-5(6-2)9(3)8/h2,4H2,1,3H3/b7-5+. The van der Waals surface area contributed by atoms with Gasteiger partial charge < -0.3 is 4.55 Å². The van der Waals surface area contributed by atoms with Gasteiger partial charge >= 0.3 is 5.17 Å². The molecule has 0 spiro atoms. The van der Waals surface area contributed by atoms with Gasteiger partial charge in [0.05, 0.1) is 0 Å². The minimum Gasteiger partial charge on any atom is -0.609 e. The van der Waals surface area contributed by atoms with Crippen LogP contribution in [-0.2, 0) is 11.2 Å². The van der Waals surface area contributed by atoms with E-state index in [0.717, 1.165) is 0 Å². The number of hydrogen-bond acceptors (Lipinski definition) is 2. The van der Waals surface area contributed by atoms with Crippen LogP contribution in [0, 0.1) is 0 Å². The molecule has 0 aromatic carbocycles. The molecule has 4 heteroatoms. The maximum Gasteiger partial charge on any atom is 0.337 e. The Labute approximate surface area is 58.1 Å². The molecule has 0 aliphatic carbocycles. The summed E-state index contributed by atoms with van der Waals surface area (Å²) in [4.78, 5) is 7.31. The van der Waals surface area contributed by atoms with Crippen LogP contribution in [0.2, 0.25) is 0 Å². The molecule has 1 atom stereocenters. The zero-order chi connectivity index (χ0) is 7.28. The Balaban J connectivity index is 3.97. The Kier molecular flexibility index (Phi) is 4.35. The molecule has 0 rings (SSSR count). The zero-order valence-corrected chi connectivity index (χ0v) is 6.44. The number of hydrogen-bond donors (Lipinski definition) is 0. The molecule has 0 bridgehead atoms. The minimum absolute atomic E-state index is 0.331. The third kappa shape index (κ3) is 3.26. The molecule has 9 heavy (non-hydrogen) atoms. The summed E-state index contributed by atoms with van der Waals surface area (Å²) < 4.78 is 10.6. The molecule has 0 N–H and O–H groups in total. The van der Waals surface area contributed by atoms with Crippen LogP contribution in [0.25, 0.3) is 0 Å². The van der Waals surface area contributed by atoms with Gasteiger partial charge in [0.15, 0.2) is 0 Å². The second-order valence-electron chi connectivity index (χ2n) is 1.37. The lowest BCUT2D eigenvalue weighted by atomic mass is 10.8. The van der Waals surface area contributed by atoms with E-state index in [1.165, 1.54) is 6.26 Å². The third-order valence-corrected chi connectivity index (χ3v) is 1.46. The number of aliphatic imine (C=N–C) groups is 2. The Hall–Kier alpha value is -0.350. The van der Waals surface area contributed by atoms with Crippen molar-refractivity contribution in [3.8, 4) is 0 Å². The second-order valence-corrected chi connectivity index (χ2v) is 2.64. The molecule has 0 aliphatic rings. The van der Waals surface area contributed by atoms with E-state index < -0.39 is 11.2 Å². The molecular formula is C5H10N2OS. The second kappa shape index (κ2) is 4.52. The molecule has 1 unspecified atom stereocenters. The third-order valence-electron chi connectivity index (χ3n) is 0.686. The van der Waals surface area contributed by atoms with Crippen LogP contribution < -0.4 is 0 Å². The summed E-state index contributed by atoms with van der Waals surface area (Å²) in [6, 6.07) is 0. The summed E-state index contributed by atoms with van der Waals surface area (Å²) in [5.41, 5.74) is 0. The van der Waals surface area contributed by atoms with Gasteiger partial charge in [0.25, 0.3) is 0 Å². The Bertz CT molecular complexity index is 122. The highest BCUT2D eigenvalue weighted by Crippen LogP contribution is 1.90. The van der Waals surface area contributed by atoms with Gasteiger partial charge in [-0.15, -0.1) is 0 Å². The van der Waals surface area contributed by atoms with Crippen LogP contribution in [0.5, 0.6) is 0 Å². The van der Waals surface area contributed by atoms with E-state index in [4.69, 9.17) is 0 Å². The van der Waals surface area contributed by atoms with E-state index in [0.29, 0.717) is 11.7 Å². The van der Waals surface area contributed by atoms with Crippen molar-refractivity contribution < 1.29 is 4.55 Å². The van der Waals surface area contributed by atoms with Crippen molar-refractivity contribution in [2.75, 3.05) is 12.8 Å². The van der Waals surface area contributed by atoms with E-state index in [1.807, 2.05) is 6.92 Å². The van der Waals surface area contributed by atoms with Crippen LogP contribution in [0.4, 0.5) is 0 Å².